The molecule has 1 aromatic heterocycles. The average Bonchev–Trinajstić information content (AvgIpc) is 2.78. The number of pyridine rings is 1. The zero-order valence-electron chi connectivity index (χ0n) is 13.5. The molecule has 24 heavy (non-hydrogen) atoms. The molecule has 6 heteroatoms. The SMILES string of the molecule is CN1C(=O)C2(CCNCC2)c2c1ccc(F)c2-c1cc(N)ccn1. The smallest absolute Gasteiger partial charge is 0.237 e. The van der Waals surface area contributed by atoms with Gasteiger partial charge in [0.2, 0.25) is 5.91 Å². The van der Waals surface area contributed by atoms with Crippen molar-refractivity contribution >= 4 is 17.3 Å². The molecule has 0 bridgehead atoms. The van der Waals surface area contributed by atoms with Crippen molar-refractivity contribution in [3.63, 3.8) is 0 Å². The summed E-state index contributed by atoms with van der Waals surface area (Å²) in [4.78, 5) is 19.0. The van der Waals surface area contributed by atoms with Crippen LogP contribution in [0.15, 0.2) is 30.5 Å². The van der Waals surface area contributed by atoms with Crippen LogP contribution >= 0.6 is 0 Å². The van der Waals surface area contributed by atoms with E-state index in [0.29, 0.717) is 29.8 Å². The van der Waals surface area contributed by atoms with Gasteiger partial charge < -0.3 is 16.0 Å². The number of piperidine rings is 1. The van der Waals surface area contributed by atoms with Gasteiger partial charge in [-0.05, 0) is 50.2 Å². The van der Waals surface area contributed by atoms with Crippen LogP contribution in [0.2, 0.25) is 0 Å². The maximum absolute atomic E-state index is 14.8. The summed E-state index contributed by atoms with van der Waals surface area (Å²) in [7, 11) is 1.76. The number of likely N-dealkylation sites (N-methyl/N-ethyl adjacent to an activating group) is 1. The lowest BCUT2D eigenvalue weighted by Crippen LogP contribution is -2.46. The summed E-state index contributed by atoms with van der Waals surface area (Å²) in [6, 6.07) is 6.43. The predicted octanol–water partition coefficient (Wildman–Crippen LogP) is 2.07. The largest absolute Gasteiger partial charge is 0.399 e. The van der Waals surface area contributed by atoms with Gasteiger partial charge in [-0.3, -0.25) is 9.78 Å². The van der Waals surface area contributed by atoms with E-state index < -0.39 is 5.41 Å². The third-order valence-electron chi connectivity index (χ3n) is 5.18. The van der Waals surface area contributed by atoms with Crippen molar-refractivity contribution in [2.75, 3.05) is 30.8 Å². The Labute approximate surface area is 139 Å². The normalized spacial score (nSPS) is 18.9. The number of nitrogen functional groups attached to an aromatic ring is 1. The highest BCUT2D eigenvalue weighted by molar-refractivity contribution is 6.10. The van der Waals surface area contributed by atoms with Gasteiger partial charge in [0, 0.05) is 35.7 Å². The number of rotatable bonds is 1. The minimum Gasteiger partial charge on any atom is -0.399 e. The zero-order valence-corrected chi connectivity index (χ0v) is 13.5. The maximum Gasteiger partial charge on any atom is 0.237 e. The van der Waals surface area contributed by atoms with Crippen LogP contribution in [0.4, 0.5) is 15.8 Å². The highest BCUT2D eigenvalue weighted by Gasteiger charge is 2.52. The summed E-state index contributed by atoms with van der Waals surface area (Å²) in [6.07, 6.45) is 2.88. The molecule has 0 unspecified atom stereocenters. The van der Waals surface area contributed by atoms with Crippen LogP contribution in [-0.4, -0.2) is 31.0 Å². The minimum atomic E-state index is -0.681. The van der Waals surface area contributed by atoms with Gasteiger partial charge in [-0.2, -0.15) is 0 Å². The first-order valence-corrected chi connectivity index (χ1v) is 8.08. The molecule has 0 atom stereocenters. The van der Waals surface area contributed by atoms with Gasteiger partial charge in [0.25, 0.3) is 0 Å². The van der Waals surface area contributed by atoms with E-state index in [-0.39, 0.29) is 11.7 Å². The van der Waals surface area contributed by atoms with E-state index in [1.807, 2.05) is 0 Å². The van der Waals surface area contributed by atoms with Crippen LogP contribution in [0, 0.1) is 5.82 Å². The number of carbonyl (C=O) groups excluding carboxylic acids is 1. The lowest BCUT2D eigenvalue weighted by Gasteiger charge is -2.33. The fraction of sp³-hybridized carbons (Fsp3) is 0.333. The number of halogens is 1. The molecule has 2 aliphatic heterocycles. The Kier molecular flexibility index (Phi) is 3.31. The van der Waals surface area contributed by atoms with Crippen LogP contribution in [-0.2, 0) is 10.2 Å². The van der Waals surface area contributed by atoms with Gasteiger partial charge in [-0.15, -0.1) is 0 Å². The fourth-order valence-electron chi connectivity index (χ4n) is 4.02. The van der Waals surface area contributed by atoms with Crippen LogP contribution in [0.1, 0.15) is 18.4 Å². The molecule has 0 aliphatic carbocycles. The van der Waals surface area contributed by atoms with E-state index in [2.05, 4.69) is 10.3 Å². The Morgan fingerprint density at radius 1 is 1.29 bits per heavy atom. The maximum atomic E-state index is 14.8. The first-order chi connectivity index (χ1) is 11.5. The molecule has 2 aromatic rings. The van der Waals surface area contributed by atoms with Gasteiger partial charge >= 0.3 is 0 Å². The number of hydrogen-bond acceptors (Lipinski definition) is 4. The zero-order chi connectivity index (χ0) is 16.9. The summed E-state index contributed by atoms with van der Waals surface area (Å²) in [6.45, 7) is 1.47. The van der Waals surface area contributed by atoms with Crippen LogP contribution < -0.4 is 16.0 Å². The topological polar surface area (TPSA) is 71.2 Å². The number of carbonyl (C=O) groups is 1. The Morgan fingerprint density at radius 3 is 2.75 bits per heavy atom. The Balaban J connectivity index is 2.02. The minimum absolute atomic E-state index is 0.0368. The second-order valence-electron chi connectivity index (χ2n) is 6.49. The number of nitrogens with zero attached hydrogens (tertiary/aromatic N) is 2. The van der Waals surface area contributed by atoms with Gasteiger partial charge in [-0.25, -0.2) is 4.39 Å². The molecule has 2 aliphatic rings. The number of amides is 1. The molecule has 1 saturated heterocycles. The van der Waals surface area contributed by atoms with Crippen LogP contribution in [0.3, 0.4) is 0 Å². The fourth-order valence-corrected chi connectivity index (χ4v) is 4.02. The first kappa shape index (κ1) is 15.1. The van der Waals surface area contributed by atoms with Crippen molar-refractivity contribution in [3.8, 4) is 11.3 Å². The Bertz CT molecular complexity index is 830. The third kappa shape index (κ3) is 1.96. The van der Waals surface area contributed by atoms with Crippen LogP contribution in [0.25, 0.3) is 11.3 Å². The molecular formula is C18H19FN4O. The van der Waals surface area contributed by atoms with Crippen molar-refractivity contribution in [2.45, 2.75) is 18.3 Å². The highest BCUT2D eigenvalue weighted by Crippen LogP contribution is 2.51. The van der Waals surface area contributed by atoms with Gasteiger partial charge in [0.1, 0.15) is 5.82 Å². The molecule has 1 aromatic carbocycles. The molecule has 124 valence electrons. The number of aromatic nitrogens is 1. The number of anilines is 2. The standard InChI is InChI=1S/C18H19FN4O/c1-23-14-3-2-12(19)15(13-10-11(20)4-7-22-13)16(14)18(17(23)24)5-8-21-9-6-18/h2-4,7,10,21H,5-6,8-9H2,1H3,(H2,20,22). The first-order valence-electron chi connectivity index (χ1n) is 8.08. The van der Waals surface area contributed by atoms with Crippen molar-refractivity contribution < 1.29 is 9.18 Å². The molecular weight excluding hydrogens is 307 g/mol. The van der Waals surface area contributed by atoms with Gasteiger partial charge in [-0.1, -0.05) is 0 Å². The lowest BCUT2D eigenvalue weighted by atomic mass is 9.72. The molecule has 1 fully saturated rings. The van der Waals surface area contributed by atoms with E-state index in [0.717, 1.165) is 24.3 Å². The van der Waals surface area contributed by atoms with E-state index in [9.17, 15) is 9.18 Å². The molecule has 0 radical (unpaired) electrons. The molecule has 1 spiro atoms. The summed E-state index contributed by atoms with van der Waals surface area (Å²) >= 11 is 0. The number of fused-ring (bicyclic) bond motifs is 2. The monoisotopic (exact) mass is 326 g/mol. The number of nitrogens with two attached hydrogens (primary N) is 1. The Morgan fingerprint density at radius 2 is 2.04 bits per heavy atom. The third-order valence-corrected chi connectivity index (χ3v) is 5.18. The van der Waals surface area contributed by atoms with Crippen molar-refractivity contribution in [2.24, 2.45) is 0 Å². The predicted molar refractivity (Wildman–Crippen MR) is 91.2 cm³/mol. The number of benzene rings is 1. The van der Waals surface area contributed by atoms with E-state index in [1.165, 1.54) is 6.07 Å². The lowest BCUT2D eigenvalue weighted by molar-refractivity contribution is -0.123. The summed E-state index contributed by atoms with van der Waals surface area (Å²) in [5.74, 6) is -0.331. The highest BCUT2D eigenvalue weighted by atomic mass is 19.1. The summed E-state index contributed by atoms with van der Waals surface area (Å²) in [5, 5.41) is 3.28. The summed E-state index contributed by atoms with van der Waals surface area (Å²) < 4.78 is 14.8. The van der Waals surface area contributed by atoms with Crippen LogP contribution in [0.5, 0.6) is 0 Å². The van der Waals surface area contributed by atoms with Gasteiger partial charge in [0.05, 0.1) is 11.1 Å². The molecule has 3 heterocycles. The van der Waals surface area contributed by atoms with E-state index in [1.54, 1.807) is 36.3 Å². The second kappa shape index (κ2) is 5.27. The number of nitrogens with one attached hydrogen (secondary N) is 1. The number of hydrogen-bond donors (Lipinski definition) is 2. The quantitative estimate of drug-likeness (QED) is 0.841. The molecule has 1 amide bonds. The molecule has 4 rings (SSSR count). The average molecular weight is 326 g/mol. The molecule has 3 N–H and O–H groups in total. The summed E-state index contributed by atoms with van der Waals surface area (Å²) in [5.41, 5.74) is 8.11. The second-order valence-corrected chi connectivity index (χ2v) is 6.49. The van der Waals surface area contributed by atoms with Crippen molar-refractivity contribution in [3.05, 3.63) is 41.8 Å². The molecule has 0 saturated carbocycles. The molecule has 5 nitrogen and oxygen atoms in total. The van der Waals surface area contributed by atoms with E-state index >= 15 is 0 Å². The van der Waals surface area contributed by atoms with Gasteiger partial charge in [0.15, 0.2) is 0 Å². The van der Waals surface area contributed by atoms with E-state index in [4.69, 9.17) is 5.73 Å². The Hall–Kier alpha value is -2.47. The van der Waals surface area contributed by atoms with Crippen molar-refractivity contribution in [1.82, 2.24) is 10.3 Å². The van der Waals surface area contributed by atoms with Crippen molar-refractivity contribution in [1.29, 1.82) is 0 Å².